The van der Waals surface area contributed by atoms with Crippen LogP contribution in [0.2, 0.25) is 5.02 Å². The topological polar surface area (TPSA) is 55.2 Å². The molecule has 1 N–H and O–H groups in total. The van der Waals surface area contributed by atoms with Crippen molar-refractivity contribution in [2.75, 3.05) is 5.32 Å². The minimum absolute atomic E-state index is 0.0491. The molecule has 0 saturated heterocycles. The van der Waals surface area contributed by atoms with E-state index in [0.29, 0.717) is 17.1 Å². The Kier molecular flexibility index (Phi) is 5.01. The summed E-state index contributed by atoms with van der Waals surface area (Å²) < 4.78 is 1.80. The maximum atomic E-state index is 11.0. The Balaban J connectivity index is 2.24. The molecule has 0 aliphatic carbocycles. The minimum atomic E-state index is -0.413. The van der Waals surface area contributed by atoms with E-state index < -0.39 is 4.92 Å². The Morgan fingerprint density at radius 3 is 2.65 bits per heavy atom. The van der Waals surface area contributed by atoms with Gasteiger partial charge < -0.3 is 5.32 Å². The van der Waals surface area contributed by atoms with Crippen molar-refractivity contribution in [1.82, 2.24) is 0 Å². The Bertz CT molecular complexity index is 665. The summed E-state index contributed by atoms with van der Waals surface area (Å²) in [5.41, 5.74) is 1.43. The molecular formula is C13H9Br2ClN2O2. The first-order chi connectivity index (χ1) is 9.47. The van der Waals surface area contributed by atoms with E-state index in [1.54, 1.807) is 6.07 Å². The summed E-state index contributed by atoms with van der Waals surface area (Å²) in [6, 6.07) is 10.2. The predicted octanol–water partition coefficient (Wildman–Crippen LogP) is 5.39. The van der Waals surface area contributed by atoms with Crippen molar-refractivity contribution in [3.8, 4) is 0 Å². The number of rotatable bonds is 4. The number of hydrogen-bond donors (Lipinski definition) is 1. The first-order valence-corrected chi connectivity index (χ1v) is 7.55. The summed E-state index contributed by atoms with van der Waals surface area (Å²) in [4.78, 5) is 10.6. The number of benzene rings is 2. The molecule has 0 aliphatic rings. The van der Waals surface area contributed by atoms with Crippen LogP contribution in [-0.4, -0.2) is 4.92 Å². The smallest absolute Gasteiger partial charge is 0.274 e. The van der Waals surface area contributed by atoms with Crippen LogP contribution in [0.5, 0.6) is 0 Å². The van der Waals surface area contributed by atoms with Gasteiger partial charge in [0.15, 0.2) is 0 Å². The number of nitro benzene ring substituents is 1. The Hall–Kier alpha value is -1.11. The molecule has 0 atom stereocenters. The molecule has 0 saturated carbocycles. The normalized spacial score (nSPS) is 10.3. The Labute approximate surface area is 137 Å². The van der Waals surface area contributed by atoms with E-state index >= 15 is 0 Å². The number of halogens is 3. The van der Waals surface area contributed by atoms with Gasteiger partial charge in [0.25, 0.3) is 5.69 Å². The second kappa shape index (κ2) is 6.56. The number of nitro groups is 1. The van der Waals surface area contributed by atoms with Gasteiger partial charge in [-0.2, -0.15) is 0 Å². The maximum absolute atomic E-state index is 11.0. The highest BCUT2D eigenvalue weighted by Gasteiger charge is 2.14. The number of anilines is 1. The average molecular weight is 420 g/mol. The standard InChI is InChI=1S/C13H9Br2ClN2O2/c14-9-1-3-11(15)12(6-9)17-7-8-5-10(16)2-4-13(8)18(19)20/h1-6,17H,7H2. The molecule has 7 heteroatoms. The van der Waals surface area contributed by atoms with Crippen molar-refractivity contribution < 1.29 is 4.92 Å². The molecular weight excluding hydrogens is 411 g/mol. The third-order valence-electron chi connectivity index (χ3n) is 2.64. The van der Waals surface area contributed by atoms with E-state index in [1.807, 2.05) is 18.2 Å². The molecule has 0 fully saturated rings. The van der Waals surface area contributed by atoms with E-state index in [1.165, 1.54) is 12.1 Å². The second-order valence-corrected chi connectivity index (χ2v) is 6.21. The van der Waals surface area contributed by atoms with Gasteiger partial charge in [0.2, 0.25) is 0 Å². The molecule has 4 nitrogen and oxygen atoms in total. The van der Waals surface area contributed by atoms with Crippen molar-refractivity contribution in [2.45, 2.75) is 6.54 Å². The zero-order valence-corrected chi connectivity index (χ0v) is 14.0. The molecule has 0 amide bonds. The lowest BCUT2D eigenvalue weighted by atomic mass is 10.1. The molecule has 0 heterocycles. The van der Waals surface area contributed by atoms with E-state index in [9.17, 15) is 10.1 Å². The van der Waals surface area contributed by atoms with Crippen LogP contribution < -0.4 is 5.32 Å². The molecule has 0 aliphatic heterocycles. The minimum Gasteiger partial charge on any atom is -0.380 e. The summed E-state index contributed by atoms with van der Waals surface area (Å²) in [5, 5.41) is 14.6. The van der Waals surface area contributed by atoms with Gasteiger partial charge in [0.05, 0.1) is 10.5 Å². The average Bonchev–Trinajstić information content (AvgIpc) is 2.39. The summed E-state index contributed by atoms with van der Waals surface area (Å²) >= 11 is 12.7. The molecule has 0 aromatic heterocycles. The maximum Gasteiger partial charge on any atom is 0.274 e. The molecule has 0 unspecified atom stereocenters. The van der Waals surface area contributed by atoms with Crippen molar-refractivity contribution >= 4 is 54.8 Å². The van der Waals surface area contributed by atoms with Gasteiger partial charge in [-0.05, 0) is 46.3 Å². The third-order valence-corrected chi connectivity index (χ3v) is 4.06. The highest BCUT2D eigenvalue weighted by molar-refractivity contribution is 9.11. The second-order valence-electron chi connectivity index (χ2n) is 4.01. The fourth-order valence-corrected chi connectivity index (χ4v) is 2.64. The summed E-state index contributed by atoms with van der Waals surface area (Å²) in [6.45, 7) is 0.311. The lowest BCUT2D eigenvalue weighted by Crippen LogP contribution is -2.03. The van der Waals surface area contributed by atoms with Gasteiger partial charge in [-0.25, -0.2) is 0 Å². The van der Waals surface area contributed by atoms with Crippen LogP contribution in [0.3, 0.4) is 0 Å². The summed E-state index contributed by atoms with van der Waals surface area (Å²) in [6.07, 6.45) is 0. The first-order valence-electron chi connectivity index (χ1n) is 5.59. The zero-order chi connectivity index (χ0) is 14.7. The fraction of sp³-hybridized carbons (Fsp3) is 0.0769. The van der Waals surface area contributed by atoms with Gasteiger partial charge in [0.1, 0.15) is 0 Å². The van der Waals surface area contributed by atoms with Crippen molar-refractivity contribution in [3.05, 3.63) is 66.0 Å². The number of nitrogens with zero attached hydrogens (tertiary/aromatic N) is 1. The molecule has 20 heavy (non-hydrogen) atoms. The predicted molar refractivity (Wildman–Crippen MR) is 87.3 cm³/mol. The zero-order valence-electron chi connectivity index (χ0n) is 10.1. The molecule has 104 valence electrons. The summed E-state index contributed by atoms with van der Waals surface area (Å²) in [5.74, 6) is 0. The van der Waals surface area contributed by atoms with Crippen LogP contribution >= 0.6 is 43.5 Å². The Morgan fingerprint density at radius 2 is 1.95 bits per heavy atom. The largest absolute Gasteiger partial charge is 0.380 e. The van der Waals surface area contributed by atoms with Crippen LogP contribution in [0.1, 0.15) is 5.56 Å². The SMILES string of the molecule is O=[N+]([O-])c1ccc(Cl)cc1CNc1cc(Br)ccc1Br. The highest BCUT2D eigenvalue weighted by atomic mass is 79.9. The van der Waals surface area contributed by atoms with Gasteiger partial charge in [-0.1, -0.05) is 27.5 Å². The molecule has 2 rings (SSSR count). The number of nitrogens with one attached hydrogen (secondary N) is 1. The lowest BCUT2D eigenvalue weighted by Gasteiger charge is -2.10. The van der Waals surface area contributed by atoms with Gasteiger partial charge in [0, 0.05) is 32.3 Å². The lowest BCUT2D eigenvalue weighted by molar-refractivity contribution is -0.385. The first kappa shape index (κ1) is 15.3. The van der Waals surface area contributed by atoms with Gasteiger partial charge in [-0.3, -0.25) is 10.1 Å². The monoisotopic (exact) mass is 418 g/mol. The molecule has 0 bridgehead atoms. The van der Waals surface area contributed by atoms with Crippen LogP contribution in [0.15, 0.2) is 45.3 Å². The molecule has 2 aromatic carbocycles. The molecule has 0 spiro atoms. The van der Waals surface area contributed by atoms with Gasteiger partial charge in [-0.15, -0.1) is 0 Å². The van der Waals surface area contributed by atoms with Crippen LogP contribution in [-0.2, 0) is 6.54 Å². The van der Waals surface area contributed by atoms with E-state index in [4.69, 9.17) is 11.6 Å². The highest BCUT2D eigenvalue weighted by Crippen LogP contribution is 2.28. The van der Waals surface area contributed by atoms with Crippen molar-refractivity contribution in [3.63, 3.8) is 0 Å². The van der Waals surface area contributed by atoms with Crippen molar-refractivity contribution in [2.24, 2.45) is 0 Å². The number of hydrogen-bond acceptors (Lipinski definition) is 3. The van der Waals surface area contributed by atoms with Crippen LogP contribution in [0.4, 0.5) is 11.4 Å². The van der Waals surface area contributed by atoms with E-state index in [0.717, 1.165) is 14.6 Å². The van der Waals surface area contributed by atoms with Crippen LogP contribution in [0, 0.1) is 10.1 Å². The summed E-state index contributed by atoms with van der Waals surface area (Å²) in [7, 11) is 0. The van der Waals surface area contributed by atoms with E-state index in [2.05, 4.69) is 37.2 Å². The quantitative estimate of drug-likeness (QED) is 0.533. The van der Waals surface area contributed by atoms with E-state index in [-0.39, 0.29) is 5.69 Å². The van der Waals surface area contributed by atoms with Crippen molar-refractivity contribution in [1.29, 1.82) is 0 Å². The fourth-order valence-electron chi connectivity index (χ4n) is 1.70. The third kappa shape index (κ3) is 3.71. The molecule has 2 aromatic rings. The van der Waals surface area contributed by atoms with Gasteiger partial charge >= 0.3 is 0 Å². The molecule has 0 radical (unpaired) electrons. The Morgan fingerprint density at radius 1 is 1.20 bits per heavy atom. The van der Waals surface area contributed by atoms with Crippen LogP contribution in [0.25, 0.3) is 0 Å².